The molecule has 5 heteroatoms. The number of esters is 1. The molecule has 0 radical (unpaired) electrons. The lowest BCUT2D eigenvalue weighted by Crippen LogP contribution is -2.42. The van der Waals surface area contributed by atoms with E-state index < -0.39 is 12.2 Å². The van der Waals surface area contributed by atoms with Crippen molar-refractivity contribution in [1.82, 2.24) is 0 Å². The standard InChI is InChI=1S/C19H22O5/c1-19(2,3)13-6-4-12(5-7-13)14(20)8-9-15-18-16(23-11-22-15)10-17(21)24-18/h4-9,15-16,18H,10-11H2,1-3H3/b9-8+/t15-,16+,18+/m0/s1. The second-order valence-electron chi connectivity index (χ2n) is 7.16. The number of fused-ring (bicyclic) bond motifs is 1. The first-order chi connectivity index (χ1) is 11.3. The Morgan fingerprint density at radius 1 is 1.17 bits per heavy atom. The van der Waals surface area contributed by atoms with Crippen LogP contribution >= 0.6 is 0 Å². The van der Waals surface area contributed by atoms with Crippen LogP contribution in [0, 0.1) is 0 Å². The molecule has 0 spiro atoms. The molecule has 2 heterocycles. The molecule has 24 heavy (non-hydrogen) atoms. The Labute approximate surface area is 141 Å². The third-order valence-corrected chi connectivity index (χ3v) is 4.34. The summed E-state index contributed by atoms with van der Waals surface area (Å²) in [6.07, 6.45) is 2.15. The van der Waals surface area contributed by atoms with E-state index >= 15 is 0 Å². The van der Waals surface area contributed by atoms with Gasteiger partial charge in [0, 0.05) is 5.56 Å². The second-order valence-corrected chi connectivity index (χ2v) is 7.16. The first kappa shape index (κ1) is 16.9. The molecular weight excluding hydrogens is 308 g/mol. The third kappa shape index (κ3) is 3.57. The molecule has 1 aromatic rings. The second kappa shape index (κ2) is 6.49. The van der Waals surface area contributed by atoms with Crippen molar-refractivity contribution in [2.24, 2.45) is 0 Å². The van der Waals surface area contributed by atoms with Crippen LogP contribution in [0.25, 0.3) is 0 Å². The van der Waals surface area contributed by atoms with E-state index in [0.29, 0.717) is 5.56 Å². The molecule has 0 amide bonds. The summed E-state index contributed by atoms with van der Waals surface area (Å²) in [5, 5.41) is 0. The predicted molar refractivity (Wildman–Crippen MR) is 87.7 cm³/mol. The van der Waals surface area contributed by atoms with Crippen LogP contribution in [-0.4, -0.2) is 36.9 Å². The topological polar surface area (TPSA) is 61.8 Å². The predicted octanol–water partition coefficient (Wildman–Crippen LogP) is 2.78. The molecule has 128 valence electrons. The lowest BCUT2D eigenvalue weighted by molar-refractivity contribution is -0.202. The normalized spacial score (nSPS) is 27.1. The van der Waals surface area contributed by atoms with Gasteiger partial charge in [0.2, 0.25) is 0 Å². The molecule has 0 unspecified atom stereocenters. The van der Waals surface area contributed by atoms with Crippen LogP contribution in [0.1, 0.15) is 43.1 Å². The van der Waals surface area contributed by atoms with Gasteiger partial charge in [-0.3, -0.25) is 9.59 Å². The van der Waals surface area contributed by atoms with Gasteiger partial charge in [0.25, 0.3) is 0 Å². The largest absolute Gasteiger partial charge is 0.456 e. The van der Waals surface area contributed by atoms with Crippen molar-refractivity contribution in [3.8, 4) is 0 Å². The molecule has 3 atom stereocenters. The summed E-state index contributed by atoms with van der Waals surface area (Å²) in [6.45, 7) is 6.49. The molecule has 1 aromatic carbocycles. The smallest absolute Gasteiger partial charge is 0.309 e. The SMILES string of the molecule is CC(C)(C)c1ccc(C(=O)/C=C/[C@@H]2OCO[C@@H]3CC(=O)O[C@H]23)cc1. The molecule has 3 rings (SSSR count). The average Bonchev–Trinajstić information content (AvgIpc) is 2.92. The van der Waals surface area contributed by atoms with Crippen LogP contribution in [0.15, 0.2) is 36.4 Å². The van der Waals surface area contributed by atoms with Crippen molar-refractivity contribution in [3.63, 3.8) is 0 Å². The van der Waals surface area contributed by atoms with Gasteiger partial charge in [0.05, 0.1) is 6.42 Å². The number of carbonyl (C=O) groups excluding carboxylic acids is 2. The number of allylic oxidation sites excluding steroid dienone is 1. The number of hydrogen-bond donors (Lipinski definition) is 0. The lowest BCUT2D eigenvalue weighted by atomic mass is 9.86. The maximum Gasteiger partial charge on any atom is 0.309 e. The quantitative estimate of drug-likeness (QED) is 0.484. The molecule has 0 N–H and O–H groups in total. The Morgan fingerprint density at radius 2 is 1.88 bits per heavy atom. The van der Waals surface area contributed by atoms with Gasteiger partial charge in [-0.1, -0.05) is 45.0 Å². The van der Waals surface area contributed by atoms with E-state index in [4.69, 9.17) is 14.2 Å². The van der Waals surface area contributed by atoms with Crippen molar-refractivity contribution in [2.45, 2.75) is 50.9 Å². The zero-order valence-electron chi connectivity index (χ0n) is 14.2. The summed E-state index contributed by atoms with van der Waals surface area (Å²) in [4.78, 5) is 23.7. The third-order valence-electron chi connectivity index (χ3n) is 4.34. The fourth-order valence-electron chi connectivity index (χ4n) is 2.87. The van der Waals surface area contributed by atoms with Crippen LogP contribution in [0.2, 0.25) is 0 Å². The zero-order chi connectivity index (χ0) is 17.3. The van der Waals surface area contributed by atoms with Gasteiger partial charge >= 0.3 is 5.97 Å². The maximum absolute atomic E-state index is 12.3. The summed E-state index contributed by atoms with van der Waals surface area (Å²) in [5.41, 5.74) is 1.84. The van der Waals surface area contributed by atoms with Gasteiger partial charge < -0.3 is 14.2 Å². The highest BCUT2D eigenvalue weighted by Gasteiger charge is 2.43. The number of ether oxygens (including phenoxy) is 3. The monoisotopic (exact) mass is 330 g/mol. The van der Waals surface area contributed by atoms with E-state index in [0.717, 1.165) is 0 Å². The Kier molecular flexibility index (Phi) is 4.56. The van der Waals surface area contributed by atoms with Gasteiger partial charge in [0.15, 0.2) is 11.9 Å². The molecular formula is C19H22O5. The minimum absolute atomic E-state index is 0.0503. The van der Waals surface area contributed by atoms with Crippen molar-refractivity contribution in [3.05, 3.63) is 47.5 Å². The highest BCUT2D eigenvalue weighted by Crippen LogP contribution is 2.27. The van der Waals surface area contributed by atoms with Gasteiger partial charge in [0.1, 0.15) is 19.0 Å². The van der Waals surface area contributed by atoms with Crippen LogP contribution in [0.5, 0.6) is 0 Å². The lowest BCUT2D eigenvalue weighted by Gasteiger charge is -2.29. The van der Waals surface area contributed by atoms with E-state index in [9.17, 15) is 9.59 Å². The molecule has 0 aliphatic carbocycles. The number of carbonyl (C=O) groups is 2. The molecule has 0 bridgehead atoms. The summed E-state index contributed by atoms with van der Waals surface area (Å²) < 4.78 is 16.0. The number of rotatable bonds is 3. The van der Waals surface area contributed by atoms with Crippen LogP contribution in [-0.2, 0) is 24.4 Å². The molecule has 2 fully saturated rings. The Morgan fingerprint density at radius 3 is 2.54 bits per heavy atom. The molecule has 5 nitrogen and oxygen atoms in total. The van der Waals surface area contributed by atoms with E-state index in [1.54, 1.807) is 6.08 Å². The molecule has 0 saturated carbocycles. The summed E-state index contributed by atoms with van der Waals surface area (Å²) in [7, 11) is 0. The summed E-state index contributed by atoms with van der Waals surface area (Å²) >= 11 is 0. The van der Waals surface area contributed by atoms with Crippen LogP contribution in [0.3, 0.4) is 0 Å². The zero-order valence-corrected chi connectivity index (χ0v) is 14.2. The average molecular weight is 330 g/mol. The van der Waals surface area contributed by atoms with E-state index in [-0.39, 0.29) is 36.5 Å². The van der Waals surface area contributed by atoms with Crippen LogP contribution < -0.4 is 0 Å². The van der Waals surface area contributed by atoms with Gasteiger partial charge in [-0.2, -0.15) is 0 Å². The van der Waals surface area contributed by atoms with Gasteiger partial charge in [-0.15, -0.1) is 0 Å². The van der Waals surface area contributed by atoms with E-state index in [1.807, 2.05) is 24.3 Å². The van der Waals surface area contributed by atoms with Crippen molar-refractivity contribution in [2.75, 3.05) is 6.79 Å². The Bertz CT molecular complexity index is 653. The number of hydrogen-bond acceptors (Lipinski definition) is 5. The molecule has 0 aromatic heterocycles. The minimum Gasteiger partial charge on any atom is -0.456 e. The fraction of sp³-hybridized carbons (Fsp3) is 0.474. The Balaban J connectivity index is 1.68. The number of ketones is 1. The van der Waals surface area contributed by atoms with Gasteiger partial charge in [-0.25, -0.2) is 0 Å². The summed E-state index contributed by atoms with van der Waals surface area (Å²) in [5.74, 6) is -0.399. The molecule has 2 aliphatic rings. The summed E-state index contributed by atoms with van der Waals surface area (Å²) in [6, 6.07) is 7.61. The van der Waals surface area contributed by atoms with Crippen molar-refractivity contribution < 1.29 is 23.8 Å². The van der Waals surface area contributed by atoms with Crippen molar-refractivity contribution >= 4 is 11.8 Å². The van der Waals surface area contributed by atoms with Crippen LogP contribution in [0.4, 0.5) is 0 Å². The first-order valence-electron chi connectivity index (χ1n) is 8.10. The maximum atomic E-state index is 12.3. The van der Waals surface area contributed by atoms with E-state index in [1.165, 1.54) is 11.6 Å². The number of benzene rings is 1. The molecule has 2 saturated heterocycles. The van der Waals surface area contributed by atoms with E-state index in [2.05, 4.69) is 20.8 Å². The van der Waals surface area contributed by atoms with Crippen molar-refractivity contribution in [1.29, 1.82) is 0 Å². The highest BCUT2D eigenvalue weighted by atomic mass is 16.7. The van der Waals surface area contributed by atoms with Gasteiger partial charge in [-0.05, 0) is 23.1 Å². The Hall–Kier alpha value is -1.98. The molecule has 2 aliphatic heterocycles. The minimum atomic E-state index is -0.474. The highest BCUT2D eigenvalue weighted by molar-refractivity contribution is 6.04. The first-order valence-corrected chi connectivity index (χ1v) is 8.10. The fourth-order valence-corrected chi connectivity index (χ4v) is 2.87.